The van der Waals surface area contributed by atoms with Gasteiger partial charge in [-0.05, 0) is 33.6 Å². The molecule has 2 aromatic rings. The molecule has 0 fully saturated rings. The summed E-state index contributed by atoms with van der Waals surface area (Å²) in [5.74, 6) is -0.221. The monoisotopic (exact) mass is 286 g/mol. The van der Waals surface area contributed by atoms with Crippen LogP contribution in [0.15, 0.2) is 28.9 Å². The molecule has 2 nitrogen and oxygen atoms in total. The standard InChI is InChI=1S/C10H8BrFN2S/c11-9-8(15-10(13)14-9)5-6-2-1-3-7(12)4-6/h1-4H,5H2,(H2,13,14). The van der Waals surface area contributed by atoms with Crippen molar-refractivity contribution in [3.63, 3.8) is 0 Å². The summed E-state index contributed by atoms with van der Waals surface area (Å²) < 4.78 is 13.7. The van der Waals surface area contributed by atoms with Gasteiger partial charge in [-0.2, -0.15) is 0 Å². The number of nitrogen functional groups attached to an aromatic ring is 1. The van der Waals surface area contributed by atoms with Crippen molar-refractivity contribution in [3.05, 3.63) is 45.1 Å². The fraction of sp³-hybridized carbons (Fsp3) is 0.100. The van der Waals surface area contributed by atoms with Crippen LogP contribution in [0.25, 0.3) is 0 Å². The number of hydrogen-bond donors (Lipinski definition) is 1. The number of hydrogen-bond acceptors (Lipinski definition) is 3. The molecule has 0 unspecified atom stereocenters. The summed E-state index contributed by atoms with van der Waals surface area (Å²) in [5.41, 5.74) is 6.48. The lowest BCUT2D eigenvalue weighted by molar-refractivity contribution is 0.626. The van der Waals surface area contributed by atoms with E-state index < -0.39 is 0 Å². The van der Waals surface area contributed by atoms with E-state index in [9.17, 15) is 4.39 Å². The lowest BCUT2D eigenvalue weighted by atomic mass is 10.1. The Balaban J connectivity index is 2.25. The van der Waals surface area contributed by atoms with E-state index in [4.69, 9.17) is 5.73 Å². The number of anilines is 1. The van der Waals surface area contributed by atoms with E-state index in [0.29, 0.717) is 11.6 Å². The van der Waals surface area contributed by atoms with Gasteiger partial charge in [0.25, 0.3) is 0 Å². The minimum Gasteiger partial charge on any atom is -0.375 e. The molecule has 0 saturated heterocycles. The van der Waals surface area contributed by atoms with Crippen molar-refractivity contribution in [3.8, 4) is 0 Å². The van der Waals surface area contributed by atoms with E-state index in [1.807, 2.05) is 6.07 Å². The lowest BCUT2D eigenvalue weighted by Gasteiger charge is -1.98. The first kappa shape index (κ1) is 10.6. The van der Waals surface area contributed by atoms with Crippen molar-refractivity contribution in [1.82, 2.24) is 4.98 Å². The van der Waals surface area contributed by atoms with Crippen LogP contribution in [0.4, 0.5) is 9.52 Å². The Morgan fingerprint density at radius 3 is 2.87 bits per heavy atom. The molecular weight excluding hydrogens is 279 g/mol. The smallest absolute Gasteiger partial charge is 0.181 e. The third kappa shape index (κ3) is 2.54. The highest BCUT2D eigenvalue weighted by atomic mass is 79.9. The van der Waals surface area contributed by atoms with Gasteiger partial charge in [-0.1, -0.05) is 12.1 Å². The van der Waals surface area contributed by atoms with Gasteiger partial charge in [0.1, 0.15) is 10.4 Å². The van der Waals surface area contributed by atoms with Gasteiger partial charge in [-0.3, -0.25) is 0 Å². The maximum atomic E-state index is 12.9. The molecular formula is C10H8BrFN2S. The van der Waals surface area contributed by atoms with Crippen molar-refractivity contribution >= 4 is 32.4 Å². The molecule has 0 aliphatic heterocycles. The summed E-state index contributed by atoms with van der Waals surface area (Å²) in [4.78, 5) is 5.06. The SMILES string of the molecule is Nc1nc(Br)c(Cc2cccc(F)c2)s1. The number of benzene rings is 1. The minimum absolute atomic E-state index is 0.221. The Labute approximate surface area is 99.1 Å². The average Bonchev–Trinajstić information content (AvgIpc) is 2.45. The highest BCUT2D eigenvalue weighted by Gasteiger charge is 2.07. The van der Waals surface area contributed by atoms with Crippen LogP contribution in [0, 0.1) is 5.82 Å². The zero-order chi connectivity index (χ0) is 10.8. The van der Waals surface area contributed by atoms with Gasteiger partial charge in [-0.25, -0.2) is 9.37 Å². The molecule has 78 valence electrons. The average molecular weight is 287 g/mol. The van der Waals surface area contributed by atoms with Crippen LogP contribution < -0.4 is 5.73 Å². The van der Waals surface area contributed by atoms with Gasteiger partial charge < -0.3 is 5.73 Å². The summed E-state index contributed by atoms with van der Waals surface area (Å²) in [7, 11) is 0. The number of nitrogens with two attached hydrogens (primary N) is 1. The molecule has 1 aromatic carbocycles. The zero-order valence-electron chi connectivity index (χ0n) is 7.71. The molecule has 0 aliphatic rings. The Kier molecular flexibility index (Phi) is 3.02. The number of aromatic nitrogens is 1. The molecule has 1 aromatic heterocycles. The van der Waals surface area contributed by atoms with Gasteiger partial charge in [0.05, 0.1) is 0 Å². The van der Waals surface area contributed by atoms with E-state index >= 15 is 0 Å². The van der Waals surface area contributed by atoms with Crippen LogP contribution in [0.1, 0.15) is 10.4 Å². The van der Waals surface area contributed by atoms with Crippen molar-refractivity contribution in [2.24, 2.45) is 0 Å². The topological polar surface area (TPSA) is 38.9 Å². The molecule has 0 spiro atoms. The maximum absolute atomic E-state index is 12.9. The second kappa shape index (κ2) is 4.28. The summed E-state index contributed by atoms with van der Waals surface area (Å²) in [6.07, 6.45) is 0.646. The summed E-state index contributed by atoms with van der Waals surface area (Å²) in [6.45, 7) is 0. The number of halogens is 2. The molecule has 15 heavy (non-hydrogen) atoms. The fourth-order valence-electron chi connectivity index (χ4n) is 1.29. The molecule has 0 radical (unpaired) electrons. The first-order chi connectivity index (χ1) is 7.15. The molecule has 5 heteroatoms. The number of thiazole rings is 1. The molecule has 0 bridgehead atoms. The summed E-state index contributed by atoms with van der Waals surface area (Å²) in [6, 6.07) is 6.52. The van der Waals surface area contributed by atoms with Crippen LogP contribution in [-0.2, 0) is 6.42 Å². The van der Waals surface area contributed by atoms with Crippen molar-refractivity contribution < 1.29 is 4.39 Å². The maximum Gasteiger partial charge on any atom is 0.181 e. The fourth-order valence-corrected chi connectivity index (χ4v) is 2.74. The molecule has 0 amide bonds. The lowest BCUT2D eigenvalue weighted by Crippen LogP contribution is -1.86. The van der Waals surface area contributed by atoms with Gasteiger partial charge >= 0.3 is 0 Å². The Hall–Kier alpha value is -0.940. The van der Waals surface area contributed by atoms with Crippen LogP contribution in [0.5, 0.6) is 0 Å². The Morgan fingerprint density at radius 2 is 2.27 bits per heavy atom. The third-order valence-electron chi connectivity index (χ3n) is 1.92. The largest absolute Gasteiger partial charge is 0.375 e. The second-order valence-electron chi connectivity index (χ2n) is 3.07. The first-order valence-corrected chi connectivity index (χ1v) is 5.91. The van der Waals surface area contributed by atoms with Crippen LogP contribution in [0.3, 0.4) is 0 Å². The van der Waals surface area contributed by atoms with Crippen LogP contribution in [0.2, 0.25) is 0 Å². The second-order valence-corrected chi connectivity index (χ2v) is 4.94. The Morgan fingerprint density at radius 1 is 1.47 bits per heavy atom. The van der Waals surface area contributed by atoms with Crippen molar-refractivity contribution in [2.45, 2.75) is 6.42 Å². The van der Waals surface area contributed by atoms with Crippen molar-refractivity contribution in [2.75, 3.05) is 5.73 Å². The molecule has 2 N–H and O–H groups in total. The quantitative estimate of drug-likeness (QED) is 0.921. The molecule has 0 aliphatic carbocycles. The van der Waals surface area contributed by atoms with Gasteiger partial charge in [0.2, 0.25) is 0 Å². The predicted octanol–water partition coefficient (Wildman–Crippen LogP) is 3.22. The third-order valence-corrected chi connectivity index (χ3v) is 3.72. The minimum atomic E-state index is -0.221. The van der Waals surface area contributed by atoms with E-state index in [1.54, 1.807) is 6.07 Å². The van der Waals surface area contributed by atoms with Gasteiger partial charge in [0.15, 0.2) is 5.13 Å². The molecule has 0 atom stereocenters. The normalized spacial score (nSPS) is 10.5. The van der Waals surface area contributed by atoms with Crippen LogP contribution >= 0.6 is 27.3 Å². The zero-order valence-corrected chi connectivity index (χ0v) is 10.1. The summed E-state index contributed by atoms with van der Waals surface area (Å²) in [5, 5.41) is 0.522. The Bertz CT molecular complexity index is 484. The molecule has 0 saturated carbocycles. The summed E-state index contributed by atoms with van der Waals surface area (Å²) >= 11 is 4.73. The first-order valence-electron chi connectivity index (χ1n) is 4.30. The van der Waals surface area contributed by atoms with E-state index in [2.05, 4.69) is 20.9 Å². The van der Waals surface area contributed by atoms with Gasteiger partial charge in [0, 0.05) is 11.3 Å². The van der Waals surface area contributed by atoms with Gasteiger partial charge in [-0.15, -0.1) is 11.3 Å². The van der Waals surface area contributed by atoms with E-state index in [-0.39, 0.29) is 5.82 Å². The number of nitrogens with zero attached hydrogens (tertiary/aromatic N) is 1. The number of rotatable bonds is 2. The molecule has 1 heterocycles. The van der Waals surface area contributed by atoms with Crippen molar-refractivity contribution in [1.29, 1.82) is 0 Å². The van der Waals surface area contributed by atoms with E-state index in [1.165, 1.54) is 23.5 Å². The van der Waals surface area contributed by atoms with Crippen LogP contribution in [-0.4, -0.2) is 4.98 Å². The van der Waals surface area contributed by atoms with E-state index in [0.717, 1.165) is 15.0 Å². The highest BCUT2D eigenvalue weighted by molar-refractivity contribution is 9.10. The molecule has 2 rings (SSSR count). The highest BCUT2D eigenvalue weighted by Crippen LogP contribution is 2.27. The predicted molar refractivity (Wildman–Crippen MR) is 63.4 cm³/mol.